The number of amides is 1. The van der Waals surface area contributed by atoms with Gasteiger partial charge in [-0.1, -0.05) is 18.2 Å². The van der Waals surface area contributed by atoms with Crippen LogP contribution in [0.15, 0.2) is 60.8 Å². The molecule has 1 aromatic heterocycles. The highest BCUT2D eigenvalue weighted by molar-refractivity contribution is 5.95. The Morgan fingerprint density at radius 3 is 2.22 bits per heavy atom. The van der Waals surface area contributed by atoms with Crippen molar-refractivity contribution < 1.29 is 23.7 Å². The van der Waals surface area contributed by atoms with Crippen LogP contribution >= 0.6 is 0 Å². The van der Waals surface area contributed by atoms with Crippen molar-refractivity contribution in [3.05, 3.63) is 71.9 Å². The smallest absolute Gasteiger partial charge is 0.251 e. The summed E-state index contributed by atoms with van der Waals surface area (Å²) in [6.07, 6.45) is 1.67. The molecule has 0 spiro atoms. The van der Waals surface area contributed by atoms with Crippen LogP contribution in [-0.4, -0.2) is 30.7 Å². The topological polar surface area (TPSA) is 78.9 Å². The van der Waals surface area contributed by atoms with Crippen molar-refractivity contribution in [1.29, 1.82) is 0 Å². The van der Waals surface area contributed by atoms with E-state index in [-0.39, 0.29) is 5.91 Å². The van der Waals surface area contributed by atoms with Crippen molar-refractivity contribution in [2.75, 3.05) is 19.8 Å². The second-order valence-corrected chi connectivity index (χ2v) is 6.70. The third kappa shape index (κ3) is 6.14. The van der Waals surface area contributed by atoms with Crippen LogP contribution in [0.25, 0.3) is 0 Å². The van der Waals surface area contributed by atoms with Crippen LogP contribution in [0.4, 0.5) is 0 Å². The number of hydrogen-bond acceptors (Lipinski definition) is 6. The summed E-state index contributed by atoms with van der Waals surface area (Å²) in [7, 11) is 0. The van der Waals surface area contributed by atoms with Gasteiger partial charge < -0.3 is 24.3 Å². The Balaban J connectivity index is 1.73. The molecule has 1 amide bonds. The summed E-state index contributed by atoms with van der Waals surface area (Å²) < 4.78 is 22.8. The van der Waals surface area contributed by atoms with E-state index in [1.54, 1.807) is 24.4 Å². The van der Waals surface area contributed by atoms with E-state index in [2.05, 4.69) is 10.3 Å². The van der Waals surface area contributed by atoms with Crippen molar-refractivity contribution in [2.45, 2.75) is 27.3 Å². The molecule has 1 N–H and O–H groups in total. The Labute approximate surface area is 188 Å². The molecule has 32 heavy (non-hydrogen) atoms. The van der Waals surface area contributed by atoms with Gasteiger partial charge in [-0.05, 0) is 56.7 Å². The van der Waals surface area contributed by atoms with Crippen LogP contribution in [0.5, 0.6) is 28.9 Å². The number of aromatic nitrogens is 1. The number of nitrogens with one attached hydrogen (secondary N) is 1. The van der Waals surface area contributed by atoms with E-state index in [0.717, 1.165) is 5.56 Å². The summed E-state index contributed by atoms with van der Waals surface area (Å²) in [5, 5.41) is 2.93. The molecule has 0 fully saturated rings. The molecule has 0 aliphatic rings. The predicted molar refractivity (Wildman–Crippen MR) is 122 cm³/mol. The lowest BCUT2D eigenvalue weighted by atomic mass is 10.1. The van der Waals surface area contributed by atoms with E-state index in [1.807, 2.05) is 57.2 Å². The molecule has 0 aliphatic carbocycles. The highest BCUT2D eigenvalue weighted by Crippen LogP contribution is 2.39. The number of carbonyl (C=O) groups excluding carboxylic acids is 1. The van der Waals surface area contributed by atoms with Crippen molar-refractivity contribution in [1.82, 2.24) is 10.3 Å². The van der Waals surface area contributed by atoms with Crippen molar-refractivity contribution in [3.8, 4) is 28.9 Å². The van der Waals surface area contributed by atoms with E-state index in [4.69, 9.17) is 18.9 Å². The van der Waals surface area contributed by atoms with Gasteiger partial charge in [0.25, 0.3) is 5.91 Å². The molecule has 0 saturated carbocycles. The molecule has 0 aliphatic heterocycles. The third-order valence-corrected chi connectivity index (χ3v) is 4.38. The number of carbonyl (C=O) groups is 1. The molecule has 0 saturated heterocycles. The molecule has 3 rings (SSSR count). The number of pyridine rings is 1. The molecule has 7 heteroatoms. The summed E-state index contributed by atoms with van der Waals surface area (Å²) in [6, 6.07) is 16.3. The number of ether oxygens (including phenoxy) is 4. The molecule has 3 aromatic rings. The third-order valence-electron chi connectivity index (χ3n) is 4.38. The highest BCUT2D eigenvalue weighted by Gasteiger charge is 2.18. The molecule has 0 unspecified atom stereocenters. The van der Waals surface area contributed by atoms with Crippen molar-refractivity contribution in [2.24, 2.45) is 0 Å². The van der Waals surface area contributed by atoms with Gasteiger partial charge >= 0.3 is 0 Å². The van der Waals surface area contributed by atoms with Gasteiger partial charge in [0.1, 0.15) is 5.75 Å². The number of nitrogens with zero attached hydrogens (tertiary/aromatic N) is 1. The standard InChI is InChI=1S/C25H28N2O5/c1-4-29-21-15-19(16-22(30-5-2)24(21)31-6-3)25(28)27-17-18-10-9-11-20(14-18)32-23-12-7-8-13-26-23/h7-16H,4-6,17H2,1-3H3,(H,27,28). The van der Waals surface area contributed by atoms with E-state index >= 15 is 0 Å². The maximum absolute atomic E-state index is 12.9. The Kier molecular flexibility index (Phi) is 8.31. The minimum atomic E-state index is -0.244. The van der Waals surface area contributed by atoms with Crippen LogP contribution in [0.3, 0.4) is 0 Å². The summed E-state index contributed by atoms with van der Waals surface area (Å²) in [6.45, 7) is 7.32. The van der Waals surface area contributed by atoms with Gasteiger partial charge in [0.2, 0.25) is 11.6 Å². The highest BCUT2D eigenvalue weighted by atomic mass is 16.5. The van der Waals surface area contributed by atoms with Gasteiger partial charge in [0.15, 0.2) is 11.5 Å². The van der Waals surface area contributed by atoms with Gasteiger partial charge in [-0.3, -0.25) is 4.79 Å². The maximum Gasteiger partial charge on any atom is 0.251 e. The van der Waals surface area contributed by atoms with Crippen LogP contribution in [0, 0.1) is 0 Å². The molecule has 7 nitrogen and oxygen atoms in total. The fourth-order valence-electron chi connectivity index (χ4n) is 3.05. The lowest BCUT2D eigenvalue weighted by molar-refractivity contribution is 0.0949. The van der Waals surface area contributed by atoms with Gasteiger partial charge in [0.05, 0.1) is 19.8 Å². The van der Waals surface area contributed by atoms with Crippen molar-refractivity contribution in [3.63, 3.8) is 0 Å². The van der Waals surface area contributed by atoms with Crippen LogP contribution in [-0.2, 0) is 6.54 Å². The SMILES string of the molecule is CCOc1cc(C(=O)NCc2cccc(Oc3ccccn3)c2)cc(OCC)c1OCC. The molecule has 0 atom stereocenters. The quantitative estimate of drug-likeness (QED) is 0.456. The molecule has 0 radical (unpaired) electrons. The lowest BCUT2D eigenvalue weighted by Gasteiger charge is -2.17. The fourth-order valence-corrected chi connectivity index (χ4v) is 3.05. The first kappa shape index (κ1) is 22.9. The Morgan fingerprint density at radius 2 is 1.59 bits per heavy atom. The number of rotatable bonds is 11. The Morgan fingerprint density at radius 1 is 0.875 bits per heavy atom. The largest absolute Gasteiger partial charge is 0.490 e. The average molecular weight is 437 g/mol. The fraction of sp³-hybridized carbons (Fsp3) is 0.280. The van der Waals surface area contributed by atoms with E-state index in [1.165, 1.54) is 0 Å². The van der Waals surface area contributed by atoms with Gasteiger partial charge in [0, 0.05) is 24.4 Å². The summed E-state index contributed by atoms with van der Waals surface area (Å²) in [4.78, 5) is 17.0. The maximum atomic E-state index is 12.9. The predicted octanol–water partition coefficient (Wildman–Crippen LogP) is 5.00. The van der Waals surface area contributed by atoms with Crippen molar-refractivity contribution >= 4 is 5.91 Å². The summed E-state index contributed by atoms with van der Waals surface area (Å²) in [5.74, 6) is 2.38. The van der Waals surface area contributed by atoms with E-state index in [9.17, 15) is 4.79 Å². The first-order valence-electron chi connectivity index (χ1n) is 10.7. The van der Waals surface area contributed by atoms with E-state index < -0.39 is 0 Å². The molecular formula is C25H28N2O5. The zero-order valence-electron chi connectivity index (χ0n) is 18.6. The molecule has 2 aromatic carbocycles. The summed E-state index contributed by atoms with van der Waals surface area (Å²) in [5.41, 5.74) is 1.33. The normalized spacial score (nSPS) is 10.3. The lowest BCUT2D eigenvalue weighted by Crippen LogP contribution is -2.23. The molecule has 0 bridgehead atoms. The second-order valence-electron chi connectivity index (χ2n) is 6.70. The Bertz CT molecular complexity index is 997. The monoisotopic (exact) mass is 436 g/mol. The zero-order chi connectivity index (χ0) is 22.8. The first-order valence-corrected chi connectivity index (χ1v) is 10.7. The van der Waals surface area contributed by atoms with Crippen LogP contribution < -0.4 is 24.3 Å². The minimum Gasteiger partial charge on any atom is -0.490 e. The van der Waals surface area contributed by atoms with Gasteiger partial charge in [-0.2, -0.15) is 0 Å². The number of benzene rings is 2. The molecular weight excluding hydrogens is 408 g/mol. The summed E-state index contributed by atoms with van der Waals surface area (Å²) >= 11 is 0. The molecule has 1 heterocycles. The van der Waals surface area contributed by atoms with Crippen LogP contribution in [0.1, 0.15) is 36.7 Å². The second kappa shape index (κ2) is 11.6. The Hall–Kier alpha value is -3.74. The molecule has 168 valence electrons. The zero-order valence-corrected chi connectivity index (χ0v) is 18.6. The van der Waals surface area contributed by atoms with Gasteiger partial charge in [-0.25, -0.2) is 4.98 Å². The number of hydrogen-bond donors (Lipinski definition) is 1. The first-order chi connectivity index (χ1) is 15.6. The van der Waals surface area contributed by atoms with Gasteiger partial charge in [-0.15, -0.1) is 0 Å². The minimum absolute atomic E-state index is 0.244. The van der Waals surface area contributed by atoms with Crippen LogP contribution in [0.2, 0.25) is 0 Å². The average Bonchev–Trinajstić information content (AvgIpc) is 2.80. The van der Waals surface area contributed by atoms with E-state index in [0.29, 0.717) is 60.8 Å².